The first-order valence-corrected chi connectivity index (χ1v) is 13.9. The van der Waals surface area contributed by atoms with Crippen LogP contribution in [-0.4, -0.2) is 39.1 Å². The van der Waals surface area contributed by atoms with Crippen LogP contribution in [0.15, 0.2) is 72.2 Å². The van der Waals surface area contributed by atoms with Crippen LogP contribution in [0.5, 0.6) is 5.75 Å². The van der Waals surface area contributed by atoms with Crippen LogP contribution in [0, 0.1) is 0 Å². The van der Waals surface area contributed by atoms with Crippen LogP contribution in [0.4, 0.5) is 5.69 Å². The molecule has 0 aliphatic rings. The second-order valence-electron chi connectivity index (χ2n) is 8.91. The molecule has 0 aliphatic heterocycles. The molecular formula is C28H26N6O4S2. The van der Waals surface area contributed by atoms with Crippen molar-refractivity contribution in [2.24, 2.45) is 5.73 Å². The summed E-state index contributed by atoms with van der Waals surface area (Å²) in [4.78, 5) is 45.5. The molecule has 6 N–H and O–H groups in total. The van der Waals surface area contributed by atoms with E-state index in [-0.39, 0.29) is 35.3 Å². The number of nitrogens with zero attached hydrogens (tertiary/aromatic N) is 2. The number of benzene rings is 2. The van der Waals surface area contributed by atoms with Crippen LogP contribution in [0.1, 0.15) is 42.2 Å². The topological polar surface area (TPSA) is 156 Å². The number of carbonyl (C=O) groups is 3. The lowest BCUT2D eigenvalue weighted by Gasteiger charge is -2.30. The van der Waals surface area contributed by atoms with E-state index < -0.39 is 17.9 Å². The third-order valence-corrected chi connectivity index (χ3v) is 8.14. The summed E-state index contributed by atoms with van der Waals surface area (Å²) in [5.74, 6) is -1.05. The van der Waals surface area contributed by atoms with E-state index in [1.165, 1.54) is 16.2 Å². The summed E-state index contributed by atoms with van der Waals surface area (Å²) in [6.45, 7) is 0.358. The van der Waals surface area contributed by atoms with Gasteiger partial charge in [-0.15, -0.1) is 11.3 Å². The highest BCUT2D eigenvalue weighted by molar-refractivity contribution is 7.10. The second kappa shape index (κ2) is 11.6. The zero-order valence-corrected chi connectivity index (χ0v) is 23.1. The van der Waals surface area contributed by atoms with Gasteiger partial charge in [-0.2, -0.15) is 4.37 Å². The lowest BCUT2D eigenvalue weighted by Crippen LogP contribution is -2.43. The average Bonchev–Trinajstić information content (AvgIpc) is 3.72. The number of para-hydroxylation sites is 1. The van der Waals surface area contributed by atoms with E-state index in [1.807, 2.05) is 66.0 Å². The van der Waals surface area contributed by atoms with E-state index in [0.717, 1.165) is 32.9 Å². The summed E-state index contributed by atoms with van der Waals surface area (Å²) in [5.41, 5.74) is 13.6. The number of aromatic amines is 1. The predicted molar refractivity (Wildman–Crippen MR) is 155 cm³/mol. The van der Waals surface area contributed by atoms with Gasteiger partial charge in [-0.3, -0.25) is 14.4 Å². The molecule has 0 spiro atoms. The molecule has 0 fully saturated rings. The van der Waals surface area contributed by atoms with E-state index in [2.05, 4.69) is 14.7 Å². The molecule has 3 amide bonds. The van der Waals surface area contributed by atoms with Crippen LogP contribution in [0.2, 0.25) is 0 Å². The Morgan fingerprint density at radius 2 is 1.88 bits per heavy atom. The number of primary amides is 1. The van der Waals surface area contributed by atoms with Crippen molar-refractivity contribution in [3.8, 4) is 5.75 Å². The fraction of sp³-hybridized carbons (Fsp3) is 0.143. The molecule has 3 heterocycles. The number of H-pyrrole nitrogens is 1. The van der Waals surface area contributed by atoms with Crippen molar-refractivity contribution in [3.63, 3.8) is 0 Å². The highest BCUT2D eigenvalue weighted by Crippen LogP contribution is 2.34. The highest BCUT2D eigenvalue weighted by Gasteiger charge is 2.36. The molecule has 0 saturated heterocycles. The maximum absolute atomic E-state index is 14.1. The number of aromatic nitrogens is 2. The number of methoxy groups -OCH3 is 1. The van der Waals surface area contributed by atoms with Crippen molar-refractivity contribution in [1.82, 2.24) is 19.6 Å². The molecule has 3 aromatic heterocycles. The summed E-state index contributed by atoms with van der Waals surface area (Å²) in [7, 11) is 1.59. The molecule has 5 aromatic rings. The van der Waals surface area contributed by atoms with Crippen LogP contribution < -0.4 is 21.5 Å². The molecule has 1 atom stereocenters. The fourth-order valence-electron chi connectivity index (χ4n) is 4.41. The molecule has 0 aliphatic carbocycles. The van der Waals surface area contributed by atoms with Gasteiger partial charge in [0.25, 0.3) is 11.8 Å². The van der Waals surface area contributed by atoms with Crippen LogP contribution in [0.25, 0.3) is 10.9 Å². The smallest absolute Gasteiger partial charge is 0.270 e. The number of carbonyl (C=O) groups excluding carboxylic acids is 3. The molecule has 1 unspecified atom stereocenters. The molecule has 12 heteroatoms. The van der Waals surface area contributed by atoms with Crippen molar-refractivity contribution in [2.75, 3.05) is 12.8 Å². The Bertz CT molecular complexity index is 1660. The average molecular weight is 575 g/mol. The van der Waals surface area contributed by atoms with E-state index >= 15 is 0 Å². The standard InChI is InChI=1S/C28H26N6O4S2/c1-38-17-10-8-16(9-11-17)13-32-27(36)24(20-14-31-21-7-3-2-6-19(20)21)34(15-18-5-4-12-39-18)28(37)25-22(29)23(26(30)35)33-40-25/h2-12,14,24,31H,13,15,29H2,1H3,(H2,30,35)(H,32,36). The normalized spacial score (nSPS) is 11.7. The van der Waals surface area contributed by atoms with E-state index in [0.29, 0.717) is 11.3 Å². The fourth-order valence-corrected chi connectivity index (χ4v) is 5.87. The number of amides is 3. The Labute approximate surface area is 237 Å². The van der Waals surface area contributed by atoms with E-state index in [1.54, 1.807) is 13.3 Å². The van der Waals surface area contributed by atoms with Crippen LogP contribution in [0.3, 0.4) is 0 Å². The van der Waals surface area contributed by atoms with Gasteiger partial charge in [-0.05, 0) is 46.7 Å². The van der Waals surface area contributed by atoms with E-state index in [9.17, 15) is 14.4 Å². The van der Waals surface area contributed by atoms with Gasteiger partial charge >= 0.3 is 0 Å². The van der Waals surface area contributed by atoms with E-state index in [4.69, 9.17) is 16.2 Å². The van der Waals surface area contributed by atoms with Gasteiger partial charge in [0.15, 0.2) is 5.69 Å². The van der Waals surface area contributed by atoms with Gasteiger partial charge in [-0.25, -0.2) is 0 Å². The first-order chi connectivity index (χ1) is 19.4. The monoisotopic (exact) mass is 574 g/mol. The number of thiophene rings is 1. The van der Waals surface area contributed by atoms with Crippen LogP contribution in [-0.2, 0) is 17.9 Å². The van der Waals surface area contributed by atoms with Gasteiger partial charge in [0, 0.05) is 34.1 Å². The lowest BCUT2D eigenvalue weighted by atomic mass is 10.0. The number of anilines is 1. The van der Waals surface area contributed by atoms with Crippen molar-refractivity contribution >= 4 is 57.2 Å². The molecule has 0 radical (unpaired) electrons. The van der Waals surface area contributed by atoms with Gasteiger partial charge in [0.1, 0.15) is 16.7 Å². The third-order valence-electron chi connectivity index (χ3n) is 6.42. The quantitative estimate of drug-likeness (QED) is 0.197. The SMILES string of the molecule is COc1ccc(CNC(=O)C(c2c[nH]c3ccccc23)N(Cc2cccs2)C(=O)c2snc(C(N)=O)c2N)cc1. The molecule has 40 heavy (non-hydrogen) atoms. The van der Waals surface area contributed by atoms with Crippen molar-refractivity contribution in [1.29, 1.82) is 0 Å². The van der Waals surface area contributed by atoms with Crippen molar-refractivity contribution in [2.45, 2.75) is 19.1 Å². The minimum atomic E-state index is -1.04. The largest absolute Gasteiger partial charge is 0.497 e. The summed E-state index contributed by atoms with van der Waals surface area (Å²) >= 11 is 2.24. The summed E-state index contributed by atoms with van der Waals surface area (Å²) in [6.07, 6.45) is 1.74. The number of nitrogens with one attached hydrogen (secondary N) is 2. The predicted octanol–water partition coefficient (Wildman–Crippen LogP) is 4.08. The van der Waals surface area contributed by atoms with Crippen molar-refractivity contribution < 1.29 is 19.1 Å². The van der Waals surface area contributed by atoms with Crippen molar-refractivity contribution in [3.05, 3.63) is 98.8 Å². The van der Waals surface area contributed by atoms with Gasteiger partial charge in [0.05, 0.1) is 19.3 Å². The Kier molecular flexibility index (Phi) is 7.80. The first-order valence-electron chi connectivity index (χ1n) is 12.2. The Morgan fingerprint density at radius 1 is 1.10 bits per heavy atom. The summed E-state index contributed by atoms with van der Waals surface area (Å²) in [5, 5.41) is 5.69. The molecule has 2 aromatic carbocycles. The molecule has 5 rings (SSSR count). The number of ether oxygens (including phenoxy) is 1. The second-order valence-corrected chi connectivity index (χ2v) is 10.7. The van der Waals surface area contributed by atoms with Gasteiger partial charge < -0.3 is 31.4 Å². The zero-order chi connectivity index (χ0) is 28.2. The third kappa shape index (κ3) is 5.40. The molecule has 0 bridgehead atoms. The maximum Gasteiger partial charge on any atom is 0.270 e. The Hall–Kier alpha value is -4.68. The number of nitrogens with two attached hydrogens (primary N) is 2. The molecular weight excluding hydrogens is 548 g/mol. The first kappa shape index (κ1) is 26.9. The van der Waals surface area contributed by atoms with Gasteiger partial charge in [-0.1, -0.05) is 36.4 Å². The van der Waals surface area contributed by atoms with Gasteiger partial charge in [0.2, 0.25) is 5.91 Å². The minimum absolute atomic E-state index is 0.0400. The molecule has 0 saturated carbocycles. The molecule has 10 nitrogen and oxygen atoms in total. The Balaban J connectivity index is 1.57. The number of fused-ring (bicyclic) bond motifs is 1. The Morgan fingerprint density at radius 3 is 2.55 bits per heavy atom. The lowest BCUT2D eigenvalue weighted by molar-refractivity contribution is -0.126. The number of nitrogen functional groups attached to an aromatic ring is 1. The molecule has 204 valence electrons. The number of hydrogen-bond acceptors (Lipinski definition) is 8. The summed E-state index contributed by atoms with van der Waals surface area (Å²) < 4.78 is 9.22. The van der Waals surface area contributed by atoms with Crippen LogP contribution >= 0.6 is 22.9 Å². The number of rotatable bonds is 10. The summed E-state index contributed by atoms with van der Waals surface area (Å²) in [6, 6.07) is 17.6. The maximum atomic E-state index is 14.1. The highest BCUT2D eigenvalue weighted by atomic mass is 32.1. The number of hydrogen-bond donors (Lipinski definition) is 4. The minimum Gasteiger partial charge on any atom is -0.497 e. The zero-order valence-electron chi connectivity index (χ0n) is 21.4.